The molecule has 1 amide bonds. The Morgan fingerprint density at radius 1 is 1.44 bits per heavy atom. The van der Waals surface area contributed by atoms with E-state index >= 15 is 0 Å². The van der Waals surface area contributed by atoms with Gasteiger partial charge in [-0.2, -0.15) is 0 Å². The molecule has 0 bridgehead atoms. The maximum absolute atomic E-state index is 11.5. The SMILES string of the molecule is CNC(C)CNC(=O)CCOC1CCOCC1.Cl. The van der Waals surface area contributed by atoms with Gasteiger partial charge >= 0.3 is 0 Å². The number of halogens is 1. The molecule has 0 saturated carbocycles. The molecular weight excluding hydrogens is 256 g/mol. The minimum atomic E-state index is 0. The van der Waals surface area contributed by atoms with E-state index in [1.807, 2.05) is 14.0 Å². The first-order chi connectivity index (χ1) is 8.22. The van der Waals surface area contributed by atoms with E-state index in [0.717, 1.165) is 26.1 Å². The second-order valence-corrected chi connectivity index (χ2v) is 4.43. The van der Waals surface area contributed by atoms with E-state index < -0.39 is 0 Å². The Labute approximate surface area is 115 Å². The molecule has 1 unspecified atom stereocenters. The molecule has 1 aliphatic rings. The van der Waals surface area contributed by atoms with E-state index in [1.165, 1.54) is 0 Å². The van der Waals surface area contributed by atoms with Gasteiger partial charge in [-0.15, -0.1) is 12.4 Å². The molecule has 108 valence electrons. The highest BCUT2D eigenvalue weighted by Crippen LogP contribution is 2.10. The number of carbonyl (C=O) groups excluding carboxylic acids is 1. The summed E-state index contributed by atoms with van der Waals surface area (Å²) < 4.78 is 10.9. The number of hydrogen-bond donors (Lipinski definition) is 2. The first kappa shape index (κ1) is 17.6. The third-order valence-corrected chi connectivity index (χ3v) is 2.95. The Morgan fingerprint density at radius 3 is 2.72 bits per heavy atom. The molecular formula is C12H25ClN2O3. The number of nitrogens with one attached hydrogen (secondary N) is 2. The largest absolute Gasteiger partial charge is 0.381 e. The Bertz CT molecular complexity index is 223. The van der Waals surface area contributed by atoms with Crippen molar-refractivity contribution in [1.82, 2.24) is 10.6 Å². The molecule has 0 spiro atoms. The van der Waals surface area contributed by atoms with Crippen LogP contribution in [-0.2, 0) is 14.3 Å². The van der Waals surface area contributed by atoms with Crippen LogP contribution < -0.4 is 10.6 Å². The summed E-state index contributed by atoms with van der Waals surface area (Å²) in [6, 6.07) is 0.301. The summed E-state index contributed by atoms with van der Waals surface area (Å²) in [5, 5.41) is 5.93. The van der Waals surface area contributed by atoms with Crippen molar-refractivity contribution >= 4 is 18.3 Å². The number of carbonyl (C=O) groups is 1. The molecule has 1 atom stereocenters. The highest BCUT2D eigenvalue weighted by molar-refractivity contribution is 5.85. The normalized spacial score (nSPS) is 17.9. The number of rotatable bonds is 7. The third kappa shape index (κ3) is 7.87. The van der Waals surface area contributed by atoms with Gasteiger partial charge in [0.05, 0.1) is 12.7 Å². The molecule has 1 saturated heterocycles. The van der Waals surface area contributed by atoms with Crippen LogP contribution >= 0.6 is 12.4 Å². The lowest BCUT2D eigenvalue weighted by molar-refractivity contribution is -0.123. The van der Waals surface area contributed by atoms with Crippen molar-refractivity contribution in [3.63, 3.8) is 0 Å². The van der Waals surface area contributed by atoms with Crippen molar-refractivity contribution in [2.24, 2.45) is 0 Å². The predicted octanol–water partition coefficient (Wildman–Crippen LogP) is 0.718. The van der Waals surface area contributed by atoms with Gasteiger partial charge in [0.15, 0.2) is 0 Å². The van der Waals surface area contributed by atoms with Crippen LogP contribution in [0.5, 0.6) is 0 Å². The van der Waals surface area contributed by atoms with Crippen LogP contribution in [0.15, 0.2) is 0 Å². The minimum Gasteiger partial charge on any atom is -0.381 e. The lowest BCUT2D eigenvalue weighted by atomic mass is 10.1. The van der Waals surface area contributed by atoms with Crippen molar-refractivity contribution < 1.29 is 14.3 Å². The van der Waals surface area contributed by atoms with Crippen molar-refractivity contribution in [3.8, 4) is 0 Å². The lowest BCUT2D eigenvalue weighted by Gasteiger charge is -2.22. The zero-order valence-electron chi connectivity index (χ0n) is 11.2. The van der Waals surface area contributed by atoms with Gasteiger partial charge < -0.3 is 20.1 Å². The van der Waals surface area contributed by atoms with E-state index in [4.69, 9.17) is 9.47 Å². The van der Waals surface area contributed by atoms with Crippen LogP contribution in [0, 0.1) is 0 Å². The summed E-state index contributed by atoms with van der Waals surface area (Å²) in [4.78, 5) is 11.5. The second kappa shape index (κ2) is 10.6. The summed E-state index contributed by atoms with van der Waals surface area (Å²) in [6.45, 7) is 4.74. The maximum atomic E-state index is 11.5. The molecule has 0 aromatic rings. The minimum absolute atomic E-state index is 0. The van der Waals surface area contributed by atoms with Crippen LogP contribution in [0.3, 0.4) is 0 Å². The first-order valence-corrected chi connectivity index (χ1v) is 6.35. The van der Waals surface area contributed by atoms with Crippen molar-refractivity contribution in [3.05, 3.63) is 0 Å². The van der Waals surface area contributed by atoms with E-state index in [-0.39, 0.29) is 24.4 Å². The topological polar surface area (TPSA) is 59.6 Å². The molecule has 1 aliphatic heterocycles. The Morgan fingerprint density at radius 2 is 2.11 bits per heavy atom. The lowest BCUT2D eigenvalue weighted by Crippen LogP contribution is -2.37. The molecule has 1 heterocycles. The second-order valence-electron chi connectivity index (χ2n) is 4.43. The third-order valence-electron chi connectivity index (χ3n) is 2.95. The average molecular weight is 281 g/mol. The fourth-order valence-corrected chi connectivity index (χ4v) is 1.62. The maximum Gasteiger partial charge on any atom is 0.222 e. The summed E-state index contributed by atoms with van der Waals surface area (Å²) in [6.07, 6.45) is 2.60. The monoisotopic (exact) mass is 280 g/mol. The zero-order chi connectivity index (χ0) is 12.5. The quantitative estimate of drug-likeness (QED) is 0.721. The number of ether oxygens (including phenoxy) is 2. The van der Waals surface area contributed by atoms with E-state index in [0.29, 0.717) is 25.6 Å². The fraction of sp³-hybridized carbons (Fsp3) is 0.917. The van der Waals surface area contributed by atoms with Crippen molar-refractivity contribution in [2.45, 2.75) is 38.3 Å². The summed E-state index contributed by atoms with van der Waals surface area (Å²) in [7, 11) is 1.88. The predicted molar refractivity (Wildman–Crippen MR) is 73.2 cm³/mol. The molecule has 1 rings (SSSR count). The highest BCUT2D eigenvalue weighted by Gasteiger charge is 2.14. The first-order valence-electron chi connectivity index (χ1n) is 6.35. The number of hydrogen-bond acceptors (Lipinski definition) is 4. The summed E-state index contributed by atoms with van der Waals surface area (Å²) >= 11 is 0. The molecule has 6 heteroatoms. The van der Waals surface area contributed by atoms with Gasteiger partial charge in [-0.25, -0.2) is 0 Å². The molecule has 2 N–H and O–H groups in total. The molecule has 0 aromatic carbocycles. The zero-order valence-corrected chi connectivity index (χ0v) is 12.1. The molecule has 0 aromatic heterocycles. The van der Waals surface area contributed by atoms with Gasteiger partial charge in [-0.3, -0.25) is 4.79 Å². The van der Waals surface area contributed by atoms with Gasteiger partial charge in [0.2, 0.25) is 5.91 Å². The molecule has 18 heavy (non-hydrogen) atoms. The average Bonchev–Trinajstić information content (AvgIpc) is 2.37. The van der Waals surface area contributed by atoms with Gasteiger partial charge in [0.1, 0.15) is 0 Å². The smallest absolute Gasteiger partial charge is 0.222 e. The molecule has 0 radical (unpaired) electrons. The standard InChI is InChI=1S/C12H24N2O3.ClH/c1-10(13-2)9-14-12(15)5-8-17-11-3-6-16-7-4-11;/h10-11,13H,3-9H2,1-2H3,(H,14,15);1H. The summed E-state index contributed by atoms with van der Waals surface area (Å²) in [5.41, 5.74) is 0. The van der Waals surface area contributed by atoms with Gasteiger partial charge in [-0.05, 0) is 26.8 Å². The van der Waals surface area contributed by atoms with E-state index in [1.54, 1.807) is 0 Å². The molecule has 1 fully saturated rings. The Hall–Kier alpha value is -0.360. The Balaban J connectivity index is 0.00000289. The van der Waals surface area contributed by atoms with Crippen molar-refractivity contribution in [2.75, 3.05) is 33.4 Å². The molecule has 0 aliphatic carbocycles. The molecule has 5 nitrogen and oxygen atoms in total. The fourth-order valence-electron chi connectivity index (χ4n) is 1.62. The van der Waals surface area contributed by atoms with Gasteiger partial charge in [0.25, 0.3) is 0 Å². The van der Waals surface area contributed by atoms with Gasteiger partial charge in [-0.1, -0.05) is 0 Å². The van der Waals surface area contributed by atoms with Crippen LogP contribution in [0.4, 0.5) is 0 Å². The van der Waals surface area contributed by atoms with Crippen LogP contribution in [0.25, 0.3) is 0 Å². The van der Waals surface area contributed by atoms with E-state index in [2.05, 4.69) is 10.6 Å². The number of amides is 1. The van der Waals surface area contributed by atoms with Crippen LogP contribution in [0.2, 0.25) is 0 Å². The highest BCUT2D eigenvalue weighted by atomic mass is 35.5. The van der Waals surface area contributed by atoms with Crippen LogP contribution in [0.1, 0.15) is 26.2 Å². The van der Waals surface area contributed by atoms with E-state index in [9.17, 15) is 4.79 Å². The van der Waals surface area contributed by atoms with Gasteiger partial charge in [0, 0.05) is 32.2 Å². The summed E-state index contributed by atoms with van der Waals surface area (Å²) in [5.74, 6) is 0.0548. The number of likely N-dealkylation sites (N-methyl/N-ethyl adjacent to an activating group) is 1. The van der Waals surface area contributed by atoms with Crippen molar-refractivity contribution in [1.29, 1.82) is 0 Å². The Kier molecular flexibility index (Phi) is 10.3. The van der Waals surface area contributed by atoms with Crippen LogP contribution in [-0.4, -0.2) is 51.5 Å².